The third-order valence-electron chi connectivity index (χ3n) is 3.79. The molecule has 0 aromatic carbocycles. The number of amides is 1. The zero-order valence-corrected chi connectivity index (χ0v) is 13.3. The average Bonchev–Trinajstić information content (AvgIpc) is 2.92. The van der Waals surface area contributed by atoms with E-state index in [4.69, 9.17) is 4.74 Å². The highest BCUT2D eigenvalue weighted by atomic mass is 32.1. The molecule has 1 amide bonds. The first kappa shape index (κ1) is 15.0. The number of rotatable bonds is 2. The molecular weight excluding hydrogens is 306 g/mol. The van der Waals surface area contributed by atoms with Crippen molar-refractivity contribution in [2.24, 2.45) is 7.05 Å². The largest absolute Gasteiger partial charge is 0.378 e. The van der Waals surface area contributed by atoms with Crippen molar-refractivity contribution in [3.63, 3.8) is 0 Å². The van der Waals surface area contributed by atoms with E-state index in [1.165, 1.54) is 23.0 Å². The number of fused-ring (bicyclic) bond motifs is 1. The van der Waals surface area contributed by atoms with Crippen LogP contribution >= 0.6 is 11.3 Å². The molecule has 0 N–H and O–H groups in total. The summed E-state index contributed by atoms with van der Waals surface area (Å²) in [5.41, 5.74) is -0.777. The van der Waals surface area contributed by atoms with Crippen molar-refractivity contribution in [2.75, 3.05) is 26.3 Å². The second-order valence-corrected chi connectivity index (χ2v) is 6.54. The number of aryl methyl sites for hydroxylation is 1. The Labute approximate surface area is 130 Å². The molecule has 8 heteroatoms. The van der Waals surface area contributed by atoms with Gasteiger partial charge >= 0.3 is 5.69 Å². The summed E-state index contributed by atoms with van der Waals surface area (Å²) in [6.07, 6.45) is 0. The lowest BCUT2D eigenvalue weighted by Crippen LogP contribution is -2.45. The Morgan fingerprint density at radius 1 is 1.32 bits per heavy atom. The van der Waals surface area contributed by atoms with E-state index in [-0.39, 0.29) is 18.0 Å². The minimum absolute atomic E-state index is 0.0522. The van der Waals surface area contributed by atoms with Gasteiger partial charge in [-0.25, -0.2) is 4.79 Å². The fourth-order valence-electron chi connectivity index (χ4n) is 2.58. The van der Waals surface area contributed by atoms with Crippen molar-refractivity contribution < 1.29 is 9.53 Å². The van der Waals surface area contributed by atoms with Gasteiger partial charge in [0.1, 0.15) is 11.4 Å². The number of carbonyl (C=O) groups is 1. The molecule has 2 aromatic heterocycles. The summed E-state index contributed by atoms with van der Waals surface area (Å²) >= 11 is 1.36. The molecule has 2 aromatic rings. The van der Waals surface area contributed by atoms with Gasteiger partial charge in [0.05, 0.1) is 18.6 Å². The van der Waals surface area contributed by atoms with Gasteiger partial charge in [-0.05, 0) is 13.0 Å². The summed E-state index contributed by atoms with van der Waals surface area (Å²) in [5, 5.41) is 0.486. The van der Waals surface area contributed by atoms with Crippen LogP contribution in [0.15, 0.2) is 15.7 Å². The Morgan fingerprint density at radius 3 is 2.68 bits per heavy atom. The molecule has 0 aliphatic carbocycles. The van der Waals surface area contributed by atoms with E-state index < -0.39 is 5.69 Å². The molecule has 0 unspecified atom stereocenters. The lowest BCUT2D eigenvalue weighted by molar-refractivity contribution is -0.135. The minimum Gasteiger partial charge on any atom is -0.378 e. The summed E-state index contributed by atoms with van der Waals surface area (Å²) in [4.78, 5) is 40.1. The fourth-order valence-corrected chi connectivity index (χ4v) is 3.57. The van der Waals surface area contributed by atoms with Crippen LogP contribution in [-0.4, -0.2) is 46.2 Å². The maximum Gasteiger partial charge on any atom is 0.332 e. The van der Waals surface area contributed by atoms with Gasteiger partial charge < -0.3 is 9.64 Å². The lowest BCUT2D eigenvalue weighted by Gasteiger charge is -2.27. The average molecular weight is 323 g/mol. The van der Waals surface area contributed by atoms with Crippen LogP contribution in [0.5, 0.6) is 0 Å². The minimum atomic E-state index is -0.457. The van der Waals surface area contributed by atoms with E-state index in [1.807, 2.05) is 6.92 Å². The number of ether oxygens (including phenoxy) is 1. The van der Waals surface area contributed by atoms with Crippen molar-refractivity contribution in [1.82, 2.24) is 14.0 Å². The van der Waals surface area contributed by atoms with Gasteiger partial charge in [0.25, 0.3) is 5.56 Å². The molecule has 0 saturated carbocycles. The molecule has 1 aliphatic heterocycles. The fraction of sp³-hybridized carbons (Fsp3) is 0.500. The molecule has 1 saturated heterocycles. The smallest absolute Gasteiger partial charge is 0.332 e. The maximum absolute atomic E-state index is 12.4. The number of aromatic nitrogens is 2. The number of morpholine rings is 1. The van der Waals surface area contributed by atoms with Crippen molar-refractivity contribution >= 4 is 27.5 Å². The Hall–Kier alpha value is -1.93. The van der Waals surface area contributed by atoms with E-state index in [2.05, 4.69) is 0 Å². The van der Waals surface area contributed by atoms with Crippen LogP contribution in [0.2, 0.25) is 0 Å². The van der Waals surface area contributed by atoms with Gasteiger partial charge in [0, 0.05) is 25.0 Å². The SMILES string of the molecule is Cc1cc2c(=O)n(C)c(=O)n(CC(=O)N3CCOCC3)c2s1. The zero-order chi connectivity index (χ0) is 15.9. The van der Waals surface area contributed by atoms with Gasteiger partial charge in [-0.3, -0.25) is 18.7 Å². The van der Waals surface area contributed by atoms with Gasteiger partial charge in [0.15, 0.2) is 0 Å². The Morgan fingerprint density at radius 2 is 2.00 bits per heavy atom. The van der Waals surface area contributed by atoms with Crippen LogP contribution in [0.1, 0.15) is 4.88 Å². The van der Waals surface area contributed by atoms with Gasteiger partial charge in [-0.2, -0.15) is 0 Å². The van der Waals surface area contributed by atoms with Crippen LogP contribution in [0.4, 0.5) is 0 Å². The summed E-state index contributed by atoms with van der Waals surface area (Å²) in [5.74, 6) is -0.128. The third-order valence-corrected chi connectivity index (χ3v) is 4.86. The Kier molecular flexibility index (Phi) is 3.88. The van der Waals surface area contributed by atoms with Crippen molar-refractivity contribution in [2.45, 2.75) is 13.5 Å². The number of hydrogen-bond donors (Lipinski definition) is 0. The zero-order valence-electron chi connectivity index (χ0n) is 12.5. The first-order valence-corrected chi connectivity index (χ1v) is 7.86. The molecule has 0 bridgehead atoms. The molecular formula is C14H17N3O4S. The van der Waals surface area contributed by atoms with E-state index in [0.29, 0.717) is 36.5 Å². The lowest BCUT2D eigenvalue weighted by atomic mass is 10.3. The number of carbonyl (C=O) groups excluding carboxylic acids is 1. The standard InChI is InChI=1S/C14H17N3O4S/c1-9-7-10-12(19)15(2)14(20)17(13(10)22-9)8-11(18)16-3-5-21-6-4-16/h7H,3-6,8H2,1-2H3. The molecule has 3 rings (SSSR count). The predicted molar refractivity (Wildman–Crippen MR) is 83.5 cm³/mol. The van der Waals surface area contributed by atoms with Crippen LogP contribution in [0.25, 0.3) is 10.2 Å². The summed E-state index contributed by atoms with van der Waals surface area (Å²) in [6, 6.07) is 1.76. The number of hydrogen-bond acceptors (Lipinski definition) is 5. The van der Waals surface area contributed by atoms with Crippen LogP contribution in [0, 0.1) is 6.92 Å². The normalized spacial score (nSPS) is 15.5. The molecule has 0 atom stereocenters. The molecule has 22 heavy (non-hydrogen) atoms. The molecule has 3 heterocycles. The first-order chi connectivity index (χ1) is 10.5. The van der Waals surface area contributed by atoms with Crippen LogP contribution in [0.3, 0.4) is 0 Å². The van der Waals surface area contributed by atoms with Gasteiger partial charge in [0.2, 0.25) is 5.91 Å². The van der Waals surface area contributed by atoms with Crippen molar-refractivity contribution in [1.29, 1.82) is 0 Å². The monoisotopic (exact) mass is 323 g/mol. The molecule has 118 valence electrons. The predicted octanol–water partition coefficient (Wildman–Crippen LogP) is -0.0711. The van der Waals surface area contributed by atoms with Gasteiger partial charge in [-0.15, -0.1) is 11.3 Å². The molecule has 1 fully saturated rings. The second kappa shape index (κ2) is 5.69. The summed E-state index contributed by atoms with van der Waals surface area (Å²) < 4.78 is 7.68. The molecule has 1 aliphatic rings. The third kappa shape index (κ3) is 2.48. The van der Waals surface area contributed by atoms with E-state index >= 15 is 0 Å². The topological polar surface area (TPSA) is 73.5 Å². The molecule has 0 radical (unpaired) electrons. The highest BCUT2D eigenvalue weighted by Gasteiger charge is 2.20. The number of thiophene rings is 1. The quantitative estimate of drug-likeness (QED) is 0.775. The highest BCUT2D eigenvalue weighted by Crippen LogP contribution is 2.21. The van der Waals surface area contributed by atoms with E-state index in [9.17, 15) is 14.4 Å². The second-order valence-electron chi connectivity index (χ2n) is 5.30. The Bertz CT molecular complexity index is 842. The molecule has 0 spiro atoms. The van der Waals surface area contributed by atoms with Crippen LogP contribution in [-0.2, 0) is 23.1 Å². The first-order valence-electron chi connectivity index (χ1n) is 7.04. The van der Waals surface area contributed by atoms with E-state index in [0.717, 1.165) is 9.44 Å². The summed E-state index contributed by atoms with van der Waals surface area (Å²) in [7, 11) is 1.44. The number of nitrogens with zero attached hydrogens (tertiary/aromatic N) is 3. The van der Waals surface area contributed by atoms with Gasteiger partial charge in [-0.1, -0.05) is 0 Å². The van der Waals surface area contributed by atoms with Crippen LogP contribution < -0.4 is 11.2 Å². The van der Waals surface area contributed by atoms with Crippen molar-refractivity contribution in [3.8, 4) is 0 Å². The highest BCUT2D eigenvalue weighted by molar-refractivity contribution is 7.18. The summed E-state index contributed by atoms with van der Waals surface area (Å²) in [6.45, 7) is 3.92. The van der Waals surface area contributed by atoms with Crippen molar-refractivity contribution in [3.05, 3.63) is 31.8 Å². The molecule has 7 nitrogen and oxygen atoms in total. The Balaban J connectivity index is 2.04. The maximum atomic E-state index is 12.4. The van der Waals surface area contributed by atoms with E-state index in [1.54, 1.807) is 11.0 Å².